The maximum Gasteiger partial charge on any atom is 0.417 e. The van der Waals surface area contributed by atoms with Gasteiger partial charge in [0.15, 0.2) is 0 Å². The van der Waals surface area contributed by atoms with E-state index in [1.165, 1.54) is 22.6 Å². The number of hydrogen-bond donors (Lipinski definition) is 0. The van der Waals surface area contributed by atoms with Gasteiger partial charge in [0.25, 0.3) is 0 Å². The highest BCUT2D eigenvalue weighted by atomic mass is 127. The molecule has 0 spiro atoms. The van der Waals surface area contributed by atoms with Crippen molar-refractivity contribution in [2.24, 2.45) is 0 Å². The Morgan fingerprint density at radius 2 is 1.88 bits per heavy atom. The highest BCUT2D eigenvalue weighted by Crippen LogP contribution is 2.35. The first-order chi connectivity index (χ1) is 7.09. The Kier molecular flexibility index (Phi) is 3.72. The quantitative estimate of drug-likeness (QED) is 0.597. The Balaban J connectivity index is 3.18. The fourth-order valence-electron chi connectivity index (χ4n) is 0.948. The molecule has 0 aliphatic rings. The van der Waals surface area contributed by atoms with Crippen molar-refractivity contribution in [2.75, 3.05) is 6.26 Å². The topological polar surface area (TPSA) is 43.4 Å². The van der Waals surface area contributed by atoms with Gasteiger partial charge in [-0.15, -0.1) is 0 Å². The first kappa shape index (κ1) is 13.6. The van der Waals surface area contributed by atoms with Gasteiger partial charge in [0.1, 0.15) is 5.75 Å². The standard InChI is InChI=1S/C8H6F3IO3S/c1-16(13,14)15-5-2-3-7(12)6(4-5)8(9,10)11/h2-4H,1H3. The highest BCUT2D eigenvalue weighted by Gasteiger charge is 2.33. The first-order valence-electron chi connectivity index (χ1n) is 3.86. The predicted octanol–water partition coefficient (Wildman–Crippen LogP) is 2.65. The van der Waals surface area contributed by atoms with Crippen LogP contribution in [0.25, 0.3) is 0 Å². The lowest BCUT2D eigenvalue weighted by Gasteiger charge is -2.10. The van der Waals surface area contributed by atoms with Gasteiger partial charge in [-0.25, -0.2) is 0 Å². The van der Waals surface area contributed by atoms with Crippen molar-refractivity contribution in [3.05, 3.63) is 27.3 Å². The fraction of sp³-hybridized carbons (Fsp3) is 0.250. The van der Waals surface area contributed by atoms with Gasteiger partial charge in [0.05, 0.1) is 11.8 Å². The minimum atomic E-state index is -4.53. The van der Waals surface area contributed by atoms with Crippen LogP contribution in [0.4, 0.5) is 13.2 Å². The van der Waals surface area contributed by atoms with E-state index in [1.807, 2.05) is 0 Å². The molecule has 16 heavy (non-hydrogen) atoms. The van der Waals surface area contributed by atoms with Crippen LogP contribution < -0.4 is 4.18 Å². The summed E-state index contributed by atoms with van der Waals surface area (Å²) in [6.45, 7) is 0. The molecule has 0 fully saturated rings. The van der Waals surface area contributed by atoms with E-state index in [4.69, 9.17) is 0 Å². The van der Waals surface area contributed by atoms with E-state index >= 15 is 0 Å². The third-order valence-corrected chi connectivity index (χ3v) is 2.93. The number of benzene rings is 1. The summed E-state index contributed by atoms with van der Waals surface area (Å²) in [4.78, 5) is 0. The summed E-state index contributed by atoms with van der Waals surface area (Å²) in [6.07, 6.45) is -3.77. The van der Waals surface area contributed by atoms with Crippen LogP contribution in [-0.4, -0.2) is 14.7 Å². The van der Waals surface area contributed by atoms with Gasteiger partial charge >= 0.3 is 16.3 Å². The molecule has 0 saturated carbocycles. The zero-order chi connectivity index (χ0) is 12.6. The van der Waals surface area contributed by atoms with Crippen molar-refractivity contribution in [2.45, 2.75) is 6.18 Å². The van der Waals surface area contributed by atoms with Gasteiger partial charge in [-0.05, 0) is 40.8 Å². The lowest BCUT2D eigenvalue weighted by molar-refractivity contribution is -0.138. The van der Waals surface area contributed by atoms with Crippen molar-refractivity contribution >= 4 is 32.7 Å². The smallest absolute Gasteiger partial charge is 0.383 e. The molecule has 0 heterocycles. The van der Waals surface area contributed by atoms with E-state index in [0.717, 1.165) is 18.4 Å². The van der Waals surface area contributed by atoms with Crippen LogP contribution in [0, 0.1) is 3.57 Å². The van der Waals surface area contributed by atoms with E-state index in [2.05, 4.69) is 4.18 Å². The first-order valence-corrected chi connectivity index (χ1v) is 6.75. The van der Waals surface area contributed by atoms with E-state index in [-0.39, 0.29) is 9.32 Å². The zero-order valence-electron chi connectivity index (χ0n) is 7.88. The van der Waals surface area contributed by atoms with E-state index < -0.39 is 21.9 Å². The second kappa shape index (κ2) is 4.40. The summed E-state index contributed by atoms with van der Waals surface area (Å²) in [6, 6.07) is 2.96. The number of alkyl halides is 3. The van der Waals surface area contributed by atoms with E-state index in [9.17, 15) is 21.6 Å². The van der Waals surface area contributed by atoms with Gasteiger partial charge in [-0.2, -0.15) is 21.6 Å². The molecule has 1 aromatic carbocycles. The second-order valence-electron chi connectivity index (χ2n) is 2.93. The van der Waals surface area contributed by atoms with Crippen LogP contribution in [-0.2, 0) is 16.3 Å². The maximum absolute atomic E-state index is 12.5. The van der Waals surface area contributed by atoms with Crippen LogP contribution in [0.15, 0.2) is 18.2 Å². The molecule has 0 aliphatic carbocycles. The molecule has 0 N–H and O–H groups in total. The summed E-state index contributed by atoms with van der Waals surface area (Å²) in [7, 11) is -3.82. The van der Waals surface area contributed by atoms with Gasteiger partial charge < -0.3 is 4.18 Å². The Hall–Kier alpha value is -0.510. The molecular formula is C8H6F3IO3S. The molecule has 0 amide bonds. The summed E-state index contributed by atoms with van der Waals surface area (Å²) in [5.41, 5.74) is -0.922. The average molecular weight is 366 g/mol. The molecule has 0 atom stereocenters. The van der Waals surface area contributed by atoms with E-state index in [1.54, 1.807) is 0 Å². The molecule has 0 radical (unpaired) electrons. The Morgan fingerprint density at radius 1 is 1.31 bits per heavy atom. The van der Waals surface area contributed by atoms with Crippen molar-refractivity contribution in [1.29, 1.82) is 0 Å². The number of halogens is 4. The van der Waals surface area contributed by atoms with Gasteiger partial charge in [0, 0.05) is 3.57 Å². The van der Waals surface area contributed by atoms with Crippen molar-refractivity contribution in [1.82, 2.24) is 0 Å². The summed E-state index contributed by atoms with van der Waals surface area (Å²) >= 11 is 1.51. The van der Waals surface area contributed by atoms with Crippen LogP contribution in [0.3, 0.4) is 0 Å². The van der Waals surface area contributed by atoms with E-state index in [0.29, 0.717) is 6.07 Å². The van der Waals surface area contributed by atoms with Crippen LogP contribution in [0.5, 0.6) is 5.75 Å². The average Bonchev–Trinajstić information content (AvgIpc) is 2.04. The third kappa shape index (κ3) is 3.81. The maximum atomic E-state index is 12.5. The fourth-order valence-corrected chi connectivity index (χ4v) is 2.04. The summed E-state index contributed by atoms with van der Waals surface area (Å²) in [5.74, 6) is -0.352. The molecule has 0 aliphatic heterocycles. The summed E-state index contributed by atoms with van der Waals surface area (Å²) < 4.78 is 63.2. The lowest BCUT2D eigenvalue weighted by atomic mass is 10.2. The molecule has 0 saturated heterocycles. The van der Waals surface area contributed by atoms with Crippen molar-refractivity contribution in [3.8, 4) is 5.75 Å². The monoisotopic (exact) mass is 366 g/mol. The largest absolute Gasteiger partial charge is 0.417 e. The Labute approximate surface area is 104 Å². The molecule has 8 heteroatoms. The van der Waals surface area contributed by atoms with Crippen LogP contribution in [0.2, 0.25) is 0 Å². The third-order valence-electron chi connectivity index (χ3n) is 1.49. The molecule has 1 aromatic rings. The Morgan fingerprint density at radius 3 is 2.31 bits per heavy atom. The van der Waals surface area contributed by atoms with Crippen molar-refractivity contribution in [3.63, 3.8) is 0 Å². The number of hydrogen-bond acceptors (Lipinski definition) is 3. The molecule has 0 unspecified atom stereocenters. The normalized spacial score (nSPS) is 12.6. The molecule has 0 aromatic heterocycles. The zero-order valence-corrected chi connectivity index (χ0v) is 10.9. The van der Waals surface area contributed by atoms with Crippen LogP contribution in [0.1, 0.15) is 5.56 Å². The highest BCUT2D eigenvalue weighted by molar-refractivity contribution is 14.1. The Bertz CT molecular complexity index is 496. The minimum Gasteiger partial charge on any atom is -0.383 e. The van der Waals surface area contributed by atoms with Crippen LogP contribution >= 0.6 is 22.6 Å². The number of rotatable bonds is 2. The molecule has 1 rings (SSSR count). The predicted molar refractivity (Wildman–Crippen MR) is 59.6 cm³/mol. The van der Waals surface area contributed by atoms with Gasteiger partial charge in [0.2, 0.25) is 0 Å². The van der Waals surface area contributed by atoms with Gasteiger partial charge in [-0.1, -0.05) is 0 Å². The molecule has 0 bridgehead atoms. The SMILES string of the molecule is CS(=O)(=O)Oc1ccc(I)c(C(F)(F)F)c1. The lowest BCUT2D eigenvalue weighted by Crippen LogP contribution is -2.10. The van der Waals surface area contributed by atoms with Crippen molar-refractivity contribution < 1.29 is 25.8 Å². The molecule has 3 nitrogen and oxygen atoms in total. The molecular weight excluding hydrogens is 360 g/mol. The van der Waals surface area contributed by atoms with Gasteiger partial charge in [-0.3, -0.25) is 0 Å². The molecule has 90 valence electrons. The second-order valence-corrected chi connectivity index (χ2v) is 5.66. The minimum absolute atomic E-state index is 0.0223. The summed E-state index contributed by atoms with van der Waals surface area (Å²) in [5, 5.41) is 0.